The normalized spacial score (nSPS) is 23.6. The Morgan fingerprint density at radius 2 is 2.00 bits per heavy atom. The molecule has 0 aliphatic carbocycles. The average molecular weight is 272 g/mol. The second-order valence-corrected chi connectivity index (χ2v) is 6.51. The van der Waals surface area contributed by atoms with Crippen LogP contribution in [0.3, 0.4) is 0 Å². The summed E-state index contributed by atoms with van der Waals surface area (Å²) in [6.07, 6.45) is 7.99. The fourth-order valence-electron chi connectivity index (χ4n) is 3.66. The number of hydrogen-bond acceptors (Lipinski definition) is 2. The van der Waals surface area contributed by atoms with E-state index in [1.54, 1.807) is 5.56 Å². The lowest BCUT2D eigenvalue weighted by Crippen LogP contribution is -2.35. The fourth-order valence-corrected chi connectivity index (χ4v) is 3.66. The third-order valence-corrected chi connectivity index (χ3v) is 4.81. The van der Waals surface area contributed by atoms with Gasteiger partial charge in [-0.1, -0.05) is 38.0 Å². The molecule has 1 saturated heterocycles. The Kier molecular flexibility index (Phi) is 4.74. The van der Waals surface area contributed by atoms with Gasteiger partial charge in [-0.05, 0) is 55.5 Å². The van der Waals surface area contributed by atoms with Crippen molar-refractivity contribution in [3.8, 4) is 0 Å². The molecular formula is C18H28N2. The smallest absolute Gasteiger partial charge is 0.0233 e. The highest BCUT2D eigenvalue weighted by molar-refractivity contribution is 5.34. The van der Waals surface area contributed by atoms with Crippen molar-refractivity contribution in [1.29, 1.82) is 0 Å². The van der Waals surface area contributed by atoms with Crippen LogP contribution in [0.4, 0.5) is 0 Å². The molecule has 1 aromatic rings. The molecule has 110 valence electrons. The minimum absolute atomic E-state index is 0.692. The van der Waals surface area contributed by atoms with Gasteiger partial charge in [-0.2, -0.15) is 0 Å². The van der Waals surface area contributed by atoms with Gasteiger partial charge in [0.15, 0.2) is 0 Å². The first kappa shape index (κ1) is 14.1. The van der Waals surface area contributed by atoms with Crippen LogP contribution < -0.4 is 5.32 Å². The van der Waals surface area contributed by atoms with Gasteiger partial charge >= 0.3 is 0 Å². The van der Waals surface area contributed by atoms with Crippen molar-refractivity contribution in [1.82, 2.24) is 10.2 Å². The zero-order valence-electron chi connectivity index (χ0n) is 12.8. The maximum atomic E-state index is 3.67. The molecule has 1 unspecified atom stereocenters. The van der Waals surface area contributed by atoms with E-state index in [0.717, 1.165) is 13.1 Å². The lowest BCUT2D eigenvalue weighted by molar-refractivity contribution is 0.221. The van der Waals surface area contributed by atoms with Crippen LogP contribution in [0.2, 0.25) is 0 Å². The molecule has 0 saturated carbocycles. The van der Waals surface area contributed by atoms with E-state index in [-0.39, 0.29) is 0 Å². The summed E-state index contributed by atoms with van der Waals surface area (Å²) in [4.78, 5) is 2.62. The zero-order chi connectivity index (χ0) is 13.8. The zero-order valence-corrected chi connectivity index (χ0v) is 12.8. The summed E-state index contributed by atoms with van der Waals surface area (Å²) < 4.78 is 0. The highest BCUT2D eigenvalue weighted by Gasteiger charge is 2.18. The first-order valence-electron chi connectivity index (χ1n) is 8.41. The standard InChI is InChI=1S/C18H28N2/c1-2-6-18-12-17-11-15(7-8-16(17)13-19-18)14-20-9-4-3-5-10-20/h7-8,11,18-19H,2-6,9-10,12-14H2,1H3. The number of likely N-dealkylation sites (tertiary alicyclic amines) is 1. The third kappa shape index (κ3) is 3.42. The van der Waals surface area contributed by atoms with Gasteiger partial charge in [0.1, 0.15) is 0 Å². The maximum absolute atomic E-state index is 3.67. The Labute approximate surface area is 123 Å². The van der Waals surface area contributed by atoms with E-state index in [9.17, 15) is 0 Å². The van der Waals surface area contributed by atoms with Gasteiger partial charge in [0.25, 0.3) is 0 Å². The van der Waals surface area contributed by atoms with Crippen molar-refractivity contribution >= 4 is 0 Å². The van der Waals surface area contributed by atoms with Gasteiger partial charge in [-0.25, -0.2) is 0 Å². The summed E-state index contributed by atoms with van der Waals surface area (Å²) in [5.41, 5.74) is 4.62. The van der Waals surface area contributed by atoms with E-state index in [4.69, 9.17) is 0 Å². The van der Waals surface area contributed by atoms with E-state index in [1.807, 2.05) is 0 Å². The molecule has 2 heteroatoms. The summed E-state index contributed by atoms with van der Waals surface area (Å²) in [5.74, 6) is 0. The first-order chi connectivity index (χ1) is 9.85. The molecule has 2 aliphatic heterocycles. The predicted molar refractivity (Wildman–Crippen MR) is 84.8 cm³/mol. The number of hydrogen-bond donors (Lipinski definition) is 1. The molecule has 0 aromatic heterocycles. The lowest BCUT2D eigenvalue weighted by Gasteiger charge is -2.29. The molecule has 20 heavy (non-hydrogen) atoms. The molecule has 0 bridgehead atoms. The van der Waals surface area contributed by atoms with Crippen molar-refractivity contribution in [2.45, 2.75) is 64.6 Å². The molecule has 0 amide bonds. The van der Waals surface area contributed by atoms with Gasteiger partial charge in [0, 0.05) is 19.1 Å². The minimum Gasteiger partial charge on any atom is -0.310 e. The Balaban J connectivity index is 1.66. The number of nitrogens with zero attached hydrogens (tertiary/aromatic N) is 1. The number of benzene rings is 1. The van der Waals surface area contributed by atoms with Crippen molar-refractivity contribution in [3.63, 3.8) is 0 Å². The van der Waals surface area contributed by atoms with Crippen molar-refractivity contribution in [2.75, 3.05) is 13.1 Å². The SMILES string of the molecule is CCCC1Cc2cc(CN3CCCCC3)ccc2CN1. The fraction of sp³-hybridized carbons (Fsp3) is 0.667. The van der Waals surface area contributed by atoms with Crippen LogP contribution in [0.1, 0.15) is 55.7 Å². The quantitative estimate of drug-likeness (QED) is 0.902. The van der Waals surface area contributed by atoms with E-state index in [2.05, 4.69) is 35.3 Å². The molecular weight excluding hydrogens is 244 g/mol. The average Bonchev–Trinajstić information content (AvgIpc) is 2.48. The molecule has 2 nitrogen and oxygen atoms in total. The Morgan fingerprint density at radius 1 is 1.15 bits per heavy atom. The highest BCUT2D eigenvalue weighted by atomic mass is 15.1. The summed E-state index contributed by atoms with van der Waals surface area (Å²) in [7, 11) is 0. The molecule has 3 rings (SSSR count). The van der Waals surface area contributed by atoms with Gasteiger partial charge in [-0.15, -0.1) is 0 Å². The molecule has 1 fully saturated rings. The summed E-state index contributed by atoms with van der Waals surface area (Å²) in [6, 6.07) is 7.87. The van der Waals surface area contributed by atoms with Crippen molar-refractivity contribution in [2.24, 2.45) is 0 Å². The number of nitrogens with one attached hydrogen (secondary N) is 1. The number of rotatable bonds is 4. The van der Waals surface area contributed by atoms with Crippen molar-refractivity contribution < 1.29 is 0 Å². The second kappa shape index (κ2) is 6.73. The van der Waals surface area contributed by atoms with E-state index in [0.29, 0.717) is 6.04 Å². The Hall–Kier alpha value is -0.860. The maximum Gasteiger partial charge on any atom is 0.0233 e. The van der Waals surface area contributed by atoms with Crippen LogP contribution in [-0.4, -0.2) is 24.0 Å². The lowest BCUT2D eigenvalue weighted by atomic mass is 9.92. The highest BCUT2D eigenvalue weighted by Crippen LogP contribution is 2.22. The first-order valence-corrected chi connectivity index (χ1v) is 8.41. The number of piperidine rings is 1. The molecule has 1 N–H and O–H groups in total. The molecule has 0 radical (unpaired) electrons. The monoisotopic (exact) mass is 272 g/mol. The van der Waals surface area contributed by atoms with Gasteiger partial charge < -0.3 is 5.32 Å². The Bertz CT molecular complexity index is 435. The summed E-state index contributed by atoms with van der Waals surface area (Å²) in [6.45, 7) is 7.07. The molecule has 1 atom stereocenters. The minimum atomic E-state index is 0.692. The number of fused-ring (bicyclic) bond motifs is 1. The van der Waals surface area contributed by atoms with Crippen LogP contribution in [0.25, 0.3) is 0 Å². The summed E-state index contributed by atoms with van der Waals surface area (Å²) in [5, 5.41) is 3.67. The summed E-state index contributed by atoms with van der Waals surface area (Å²) >= 11 is 0. The predicted octanol–water partition coefficient (Wildman–Crippen LogP) is 3.49. The van der Waals surface area contributed by atoms with E-state index >= 15 is 0 Å². The van der Waals surface area contributed by atoms with E-state index in [1.165, 1.54) is 62.7 Å². The molecule has 1 aromatic carbocycles. The van der Waals surface area contributed by atoms with Gasteiger partial charge in [0.05, 0.1) is 0 Å². The van der Waals surface area contributed by atoms with E-state index < -0.39 is 0 Å². The van der Waals surface area contributed by atoms with Crippen molar-refractivity contribution in [3.05, 3.63) is 34.9 Å². The largest absolute Gasteiger partial charge is 0.310 e. The molecule has 2 heterocycles. The van der Waals surface area contributed by atoms with Crippen LogP contribution >= 0.6 is 0 Å². The van der Waals surface area contributed by atoms with Gasteiger partial charge in [0.2, 0.25) is 0 Å². The topological polar surface area (TPSA) is 15.3 Å². The third-order valence-electron chi connectivity index (χ3n) is 4.81. The van der Waals surface area contributed by atoms with Crippen LogP contribution in [0, 0.1) is 0 Å². The van der Waals surface area contributed by atoms with Crippen LogP contribution in [-0.2, 0) is 19.5 Å². The van der Waals surface area contributed by atoms with Crippen LogP contribution in [0.5, 0.6) is 0 Å². The van der Waals surface area contributed by atoms with Crippen LogP contribution in [0.15, 0.2) is 18.2 Å². The molecule has 0 spiro atoms. The Morgan fingerprint density at radius 3 is 2.80 bits per heavy atom. The molecule has 2 aliphatic rings. The second-order valence-electron chi connectivity index (χ2n) is 6.51. The van der Waals surface area contributed by atoms with Gasteiger partial charge in [-0.3, -0.25) is 4.90 Å².